The van der Waals surface area contributed by atoms with Crippen LogP contribution >= 0.6 is 11.3 Å². The number of aromatic nitrogens is 5. The van der Waals surface area contributed by atoms with Gasteiger partial charge in [0, 0.05) is 133 Å². The van der Waals surface area contributed by atoms with Gasteiger partial charge in [-0.05, 0) is 80.8 Å². The second-order valence-electron chi connectivity index (χ2n) is 23.7. The van der Waals surface area contributed by atoms with Crippen LogP contribution in [0.3, 0.4) is 0 Å². The van der Waals surface area contributed by atoms with Crippen molar-refractivity contribution in [1.82, 2.24) is 45.3 Å². The third kappa shape index (κ3) is 12.0. The smallest absolute Gasteiger partial charge is 0.243 e. The summed E-state index contributed by atoms with van der Waals surface area (Å²) in [5, 5.41) is 37.4. The molecule has 6 atom stereocenters. The van der Waals surface area contributed by atoms with E-state index < -0.39 is 18.1 Å². The molecule has 6 aromatic rings. The summed E-state index contributed by atoms with van der Waals surface area (Å²) in [5.41, 5.74) is 14.5. The lowest BCUT2D eigenvalue weighted by Gasteiger charge is -2.43. The number of nitrogens with two attached hydrogens (primary N) is 1. The van der Waals surface area contributed by atoms with Crippen molar-refractivity contribution in [2.75, 3.05) is 92.4 Å². The minimum absolute atomic E-state index is 0.0816. The third-order valence-corrected chi connectivity index (χ3v) is 18.9. The summed E-state index contributed by atoms with van der Waals surface area (Å²) in [6.07, 6.45) is 7.74. The highest BCUT2D eigenvalue weighted by molar-refractivity contribution is 7.13. The molecule has 4 aromatic heterocycles. The summed E-state index contributed by atoms with van der Waals surface area (Å²) in [6, 6.07) is 22.8. The van der Waals surface area contributed by atoms with Gasteiger partial charge in [-0.3, -0.25) is 14.5 Å². The molecule has 5 aliphatic heterocycles. The molecule has 82 heavy (non-hydrogen) atoms. The number of carbonyl (C=O) groups excluding carboxylic acids is 2. The Labute approximate surface area is 483 Å². The molecule has 2 aromatic carbocycles. The number of thiazole rings is 1. The molecule has 0 spiro atoms. The Morgan fingerprint density at radius 3 is 2.26 bits per heavy atom. The van der Waals surface area contributed by atoms with E-state index in [0.717, 1.165) is 137 Å². The van der Waals surface area contributed by atoms with Crippen LogP contribution in [0.4, 0.5) is 23.0 Å². The molecule has 6 unspecified atom stereocenters. The number of piperidine rings is 1. The van der Waals surface area contributed by atoms with E-state index in [1.807, 2.05) is 87.9 Å². The molecule has 1 saturated carbocycles. The van der Waals surface area contributed by atoms with E-state index >= 15 is 0 Å². The first kappa shape index (κ1) is 55.6. The number of aryl methyl sites for hydroxylation is 1. The fourth-order valence-electron chi connectivity index (χ4n) is 13.2. The number of nitrogens with zero attached hydrogens (tertiary/aromatic N) is 11. The van der Waals surface area contributed by atoms with Crippen molar-refractivity contribution in [3.8, 4) is 33.3 Å². The fraction of sp³-hybridized carbons (Fsp3) is 0.525. The van der Waals surface area contributed by atoms with Crippen LogP contribution in [0.2, 0.25) is 0 Å². The van der Waals surface area contributed by atoms with Gasteiger partial charge < -0.3 is 59.8 Å². The molecule has 5 saturated heterocycles. The molecule has 434 valence electrons. The number of aromatic hydroxyl groups is 1. The highest BCUT2D eigenvalue weighted by atomic mass is 32.1. The average Bonchev–Trinajstić information content (AvgIpc) is 3.82. The fourth-order valence-corrected chi connectivity index (χ4v) is 14.0. The van der Waals surface area contributed by atoms with Crippen molar-refractivity contribution in [2.45, 2.75) is 127 Å². The summed E-state index contributed by atoms with van der Waals surface area (Å²) in [7, 11) is 0. The Hall–Kier alpha value is -6.91. The number of benzene rings is 2. The van der Waals surface area contributed by atoms with Crippen LogP contribution < -0.4 is 30.5 Å². The predicted molar refractivity (Wildman–Crippen MR) is 315 cm³/mol. The van der Waals surface area contributed by atoms with E-state index in [2.05, 4.69) is 67.3 Å². The van der Waals surface area contributed by atoms with Crippen molar-refractivity contribution in [3.05, 3.63) is 102 Å². The first-order valence-electron chi connectivity index (χ1n) is 29.5. The van der Waals surface area contributed by atoms with Gasteiger partial charge in [-0.15, -0.1) is 21.5 Å². The minimum Gasteiger partial charge on any atom is -0.507 e. The number of phenols is 1. The number of piperazine rings is 2. The number of fused-ring (bicyclic) bond motifs is 2. The topological polar surface area (TPSA) is 228 Å². The highest BCUT2D eigenvalue weighted by Gasteiger charge is 2.45. The number of amides is 2. The quantitative estimate of drug-likeness (QED) is 0.0686. The van der Waals surface area contributed by atoms with E-state index in [4.69, 9.17) is 19.7 Å². The van der Waals surface area contributed by atoms with E-state index in [1.165, 1.54) is 4.90 Å². The number of hydrogen-bond donors (Lipinski definition) is 4. The van der Waals surface area contributed by atoms with E-state index in [0.29, 0.717) is 46.6 Å². The summed E-state index contributed by atoms with van der Waals surface area (Å²) < 4.78 is 19.0. The van der Waals surface area contributed by atoms with Gasteiger partial charge in [0.05, 0.1) is 51.8 Å². The molecule has 6 aliphatic rings. The maximum atomic E-state index is 14.4. The van der Waals surface area contributed by atoms with Crippen molar-refractivity contribution >= 4 is 46.2 Å². The number of hydrogen-bond acceptors (Lipinski definition) is 19. The number of nitrogen functional groups attached to an aromatic ring is 1. The van der Waals surface area contributed by atoms with Crippen molar-refractivity contribution < 1.29 is 33.8 Å². The SMILES string of the molecule is Cc1ncsc1-c1ccc(C(C)NC(=O)C2CC(O)CN2C(=O)C(c2cc(N3CCN(CCN4CCC(OC5CC(Oc6cc(N7C8CCC7CN(c7cc(-c9ccccc9O)nnc7N)C8)ccn6)C5)CC4)CC3)no2)C(C)C)cc1. The van der Waals surface area contributed by atoms with Crippen LogP contribution in [0, 0.1) is 12.8 Å². The first-order chi connectivity index (χ1) is 39.8. The first-order valence-corrected chi connectivity index (χ1v) is 30.3. The van der Waals surface area contributed by atoms with E-state index in [-0.39, 0.29) is 60.8 Å². The Kier molecular flexibility index (Phi) is 16.4. The Bertz CT molecular complexity index is 3160. The lowest BCUT2D eigenvalue weighted by molar-refractivity contribution is -0.141. The molecular weight excluding hydrogens is 1060 g/mol. The number of para-hydroxylation sites is 1. The molecule has 6 fully saturated rings. The van der Waals surface area contributed by atoms with E-state index in [1.54, 1.807) is 23.5 Å². The number of anilines is 4. The molecular formula is C61H77N13O7S. The van der Waals surface area contributed by atoms with Gasteiger partial charge in [-0.25, -0.2) is 9.97 Å². The minimum atomic E-state index is -0.805. The zero-order valence-electron chi connectivity index (χ0n) is 47.4. The zero-order chi connectivity index (χ0) is 56.6. The van der Waals surface area contributed by atoms with Gasteiger partial charge >= 0.3 is 0 Å². The lowest BCUT2D eigenvalue weighted by Crippen LogP contribution is -2.54. The average molecular weight is 1140 g/mol. The highest BCUT2D eigenvalue weighted by Crippen LogP contribution is 2.41. The van der Waals surface area contributed by atoms with Gasteiger partial charge in [-0.1, -0.05) is 55.4 Å². The van der Waals surface area contributed by atoms with Crippen molar-refractivity contribution in [1.29, 1.82) is 0 Å². The number of pyridine rings is 1. The molecule has 12 rings (SSSR count). The molecule has 2 amide bonds. The predicted octanol–water partition coefficient (Wildman–Crippen LogP) is 6.90. The number of aliphatic hydroxyl groups is 1. The zero-order valence-corrected chi connectivity index (χ0v) is 48.2. The number of nitrogens with one attached hydrogen (secondary N) is 1. The number of phenolic OH excluding ortho intramolecular Hbond substituents is 1. The second-order valence-corrected chi connectivity index (χ2v) is 24.6. The summed E-state index contributed by atoms with van der Waals surface area (Å²) in [6.45, 7) is 17.0. The molecule has 0 radical (unpaired) electrons. The van der Waals surface area contributed by atoms with Crippen LogP contribution in [-0.2, 0) is 14.3 Å². The number of ether oxygens (including phenoxy) is 2. The van der Waals surface area contributed by atoms with Crippen LogP contribution in [0.5, 0.6) is 11.6 Å². The Balaban J connectivity index is 0.553. The van der Waals surface area contributed by atoms with Crippen LogP contribution in [0.1, 0.15) is 94.7 Å². The molecule has 2 bridgehead atoms. The molecule has 20 nitrogen and oxygen atoms in total. The third-order valence-electron chi connectivity index (χ3n) is 17.9. The Morgan fingerprint density at radius 2 is 1.55 bits per heavy atom. The standard InChI is InChI=1S/C61H77N13O7S/c1-37(2)57(61(78)73-35-45(75)28-52(73)60(77)65-38(3)40-9-11-41(12-10-40)58-39(4)64-36-82-58)54-32-55(68-81-54)71-25-23-70(24-26-71)22-21-69-19-16-46(17-20-69)79-47-29-48(30-47)80-56-27-42(15-18-63-56)74-43-13-14-44(74)34-72(33-43)51-31-50(66-67-59(51)62)49-7-5-6-8-53(49)76/h5-12,15,18,27,31-32,36-38,43-48,52,57,75-76H,13-14,16-17,19-26,28-30,33-35H2,1-4H3,(H2,62,67)(H,65,77). The maximum absolute atomic E-state index is 14.4. The summed E-state index contributed by atoms with van der Waals surface area (Å²) in [5.74, 6) is 1.09. The summed E-state index contributed by atoms with van der Waals surface area (Å²) >= 11 is 1.60. The van der Waals surface area contributed by atoms with Gasteiger partial charge in [0.25, 0.3) is 0 Å². The molecule has 5 N–H and O–H groups in total. The van der Waals surface area contributed by atoms with E-state index in [9.17, 15) is 19.8 Å². The Morgan fingerprint density at radius 1 is 0.817 bits per heavy atom. The van der Waals surface area contributed by atoms with Crippen LogP contribution in [-0.4, -0.2) is 177 Å². The van der Waals surface area contributed by atoms with Crippen molar-refractivity contribution in [2.24, 2.45) is 5.92 Å². The number of β-amino-alcohol motifs (C(OH)–C–C–N with tert-alkyl or cyclic N) is 1. The number of carbonyl (C=O) groups is 2. The van der Waals surface area contributed by atoms with Crippen LogP contribution in [0.15, 0.2) is 89.0 Å². The normalized spacial score (nSPS) is 24.2. The second kappa shape index (κ2) is 24.1. The maximum Gasteiger partial charge on any atom is 0.243 e. The lowest BCUT2D eigenvalue weighted by atomic mass is 9.91. The molecule has 9 heterocycles. The largest absolute Gasteiger partial charge is 0.507 e. The van der Waals surface area contributed by atoms with Gasteiger partial charge in [0.1, 0.15) is 23.8 Å². The number of aliphatic hydroxyl groups excluding tert-OH is 1. The summed E-state index contributed by atoms with van der Waals surface area (Å²) in [4.78, 5) is 52.0. The van der Waals surface area contributed by atoms with Crippen LogP contribution in [0.25, 0.3) is 21.7 Å². The van der Waals surface area contributed by atoms with Gasteiger partial charge in [0.2, 0.25) is 17.7 Å². The number of rotatable bonds is 18. The monoisotopic (exact) mass is 1140 g/mol. The number of likely N-dealkylation sites (tertiary alicyclic amines) is 2. The van der Waals surface area contributed by atoms with Gasteiger partial charge in [0.15, 0.2) is 17.4 Å². The van der Waals surface area contributed by atoms with Crippen molar-refractivity contribution in [3.63, 3.8) is 0 Å². The molecule has 21 heteroatoms. The molecule has 1 aliphatic carbocycles. The van der Waals surface area contributed by atoms with Gasteiger partial charge in [-0.2, -0.15) is 0 Å².